The van der Waals surface area contributed by atoms with Gasteiger partial charge in [-0.3, -0.25) is 14.4 Å². The summed E-state index contributed by atoms with van der Waals surface area (Å²) in [5.74, 6) is -1.26. The molecule has 0 saturated carbocycles. The van der Waals surface area contributed by atoms with Crippen molar-refractivity contribution >= 4 is 39.7 Å². The first kappa shape index (κ1) is 22.2. The third-order valence-corrected chi connectivity index (χ3v) is 5.45. The number of thiophene rings is 1. The number of hydrogen-bond acceptors (Lipinski definition) is 5. The Bertz CT molecular complexity index is 1130. The van der Waals surface area contributed by atoms with Gasteiger partial charge in [-0.1, -0.05) is 35.4 Å². The van der Waals surface area contributed by atoms with Crippen molar-refractivity contribution in [2.75, 3.05) is 17.2 Å². The number of hydrogen-bond donors (Lipinski definition) is 4. The number of benzene rings is 2. The van der Waals surface area contributed by atoms with Crippen molar-refractivity contribution in [2.45, 2.75) is 20.3 Å². The SMILES string of the molecule is Cc1cc(C)cc(-c2ccc(C(=O)Nc3sccc3C(N)=O)cc2NC(=O)CCN)c1. The maximum atomic E-state index is 12.8. The van der Waals surface area contributed by atoms with E-state index < -0.39 is 11.8 Å². The lowest BCUT2D eigenvalue weighted by Gasteiger charge is -2.15. The van der Waals surface area contributed by atoms with Crippen LogP contribution in [-0.2, 0) is 4.79 Å². The molecule has 0 aliphatic heterocycles. The predicted molar refractivity (Wildman–Crippen MR) is 124 cm³/mol. The lowest BCUT2D eigenvalue weighted by molar-refractivity contribution is -0.116. The molecular formula is C23H24N4O3S. The van der Waals surface area contributed by atoms with E-state index in [1.807, 2.05) is 26.0 Å². The molecule has 0 atom stereocenters. The largest absolute Gasteiger partial charge is 0.366 e. The number of carbonyl (C=O) groups excluding carboxylic acids is 3. The fourth-order valence-electron chi connectivity index (χ4n) is 3.29. The van der Waals surface area contributed by atoms with Crippen LogP contribution in [0, 0.1) is 13.8 Å². The molecule has 7 nitrogen and oxygen atoms in total. The summed E-state index contributed by atoms with van der Waals surface area (Å²) in [4.78, 5) is 36.6. The van der Waals surface area contributed by atoms with Gasteiger partial charge in [-0.2, -0.15) is 0 Å². The van der Waals surface area contributed by atoms with E-state index in [0.717, 1.165) is 22.3 Å². The van der Waals surface area contributed by atoms with Crippen LogP contribution in [0.3, 0.4) is 0 Å². The lowest BCUT2D eigenvalue weighted by Crippen LogP contribution is -2.18. The molecule has 0 fully saturated rings. The van der Waals surface area contributed by atoms with Gasteiger partial charge in [-0.25, -0.2) is 0 Å². The summed E-state index contributed by atoms with van der Waals surface area (Å²) < 4.78 is 0. The lowest BCUT2D eigenvalue weighted by atomic mass is 9.97. The van der Waals surface area contributed by atoms with Gasteiger partial charge in [0.25, 0.3) is 11.8 Å². The smallest absolute Gasteiger partial charge is 0.256 e. The van der Waals surface area contributed by atoms with Crippen LogP contribution in [0.1, 0.15) is 38.3 Å². The van der Waals surface area contributed by atoms with Crippen molar-refractivity contribution in [3.8, 4) is 11.1 Å². The molecule has 0 saturated heterocycles. The zero-order valence-electron chi connectivity index (χ0n) is 17.3. The Morgan fingerprint density at radius 3 is 2.32 bits per heavy atom. The number of carbonyl (C=O) groups is 3. The van der Waals surface area contributed by atoms with Gasteiger partial charge >= 0.3 is 0 Å². The van der Waals surface area contributed by atoms with Crippen molar-refractivity contribution in [1.29, 1.82) is 0 Å². The Balaban J connectivity index is 1.98. The molecule has 160 valence electrons. The number of primary amides is 1. The molecule has 3 amide bonds. The molecule has 8 heteroatoms. The minimum absolute atomic E-state index is 0.167. The zero-order valence-corrected chi connectivity index (χ0v) is 18.1. The van der Waals surface area contributed by atoms with E-state index in [4.69, 9.17) is 11.5 Å². The van der Waals surface area contributed by atoms with Crippen LogP contribution in [0.25, 0.3) is 11.1 Å². The molecule has 0 aliphatic rings. The first-order valence-corrected chi connectivity index (χ1v) is 10.6. The third kappa shape index (κ3) is 5.36. The average Bonchev–Trinajstić information content (AvgIpc) is 3.15. The van der Waals surface area contributed by atoms with Crippen LogP contribution >= 0.6 is 11.3 Å². The Morgan fingerprint density at radius 2 is 1.68 bits per heavy atom. The van der Waals surface area contributed by atoms with E-state index in [1.54, 1.807) is 29.6 Å². The quantitative estimate of drug-likeness (QED) is 0.450. The van der Waals surface area contributed by atoms with Gasteiger partial charge in [-0.05, 0) is 43.0 Å². The van der Waals surface area contributed by atoms with Crippen LogP contribution in [0.4, 0.5) is 10.7 Å². The zero-order chi connectivity index (χ0) is 22.5. The second-order valence-electron chi connectivity index (χ2n) is 7.21. The Labute approximate surface area is 184 Å². The Hall–Kier alpha value is -3.49. The molecule has 1 aromatic heterocycles. The fourth-order valence-corrected chi connectivity index (χ4v) is 4.08. The van der Waals surface area contributed by atoms with Crippen LogP contribution in [-0.4, -0.2) is 24.3 Å². The highest BCUT2D eigenvalue weighted by Crippen LogP contribution is 2.31. The van der Waals surface area contributed by atoms with Gasteiger partial charge in [0.15, 0.2) is 0 Å². The molecule has 0 spiro atoms. The second kappa shape index (κ2) is 9.55. The number of anilines is 2. The third-order valence-electron chi connectivity index (χ3n) is 4.62. The molecule has 2 aromatic carbocycles. The van der Waals surface area contributed by atoms with Gasteiger partial charge in [0.2, 0.25) is 5.91 Å². The number of nitrogens with one attached hydrogen (secondary N) is 2. The molecule has 0 aliphatic carbocycles. The maximum Gasteiger partial charge on any atom is 0.256 e. The van der Waals surface area contributed by atoms with Gasteiger partial charge in [0.1, 0.15) is 5.00 Å². The van der Waals surface area contributed by atoms with Crippen LogP contribution in [0.2, 0.25) is 0 Å². The summed E-state index contributed by atoms with van der Waals surface area (Å²) in [5.41, 5.74) is 15.9. The molecule has 0 radical (unpaired) electrons. The highest BCUT2D eigenvalue weighted by atomic mass is 32.1. The van der Waals surface area contributed by atoms with Crippen LogP contribution in [0.5, 0.6) is 0 Å². The molecule has 31 heavy (non-hydrogen) atoms. The highest BCUT2D eigenvalue weighted by molar-refractivity contribution is 7.14. The van der Waals surface area contributed by atoms with E-state index in [1.165, 1.54) is 11.3 Å². The van der Waals surface area contributed by atoms with Crippen LogP contribution < -0.4 is 22.1 Å². The van der Waals surface area contributed by atoms with Crippen molar-refractivity contribution in [2.24, 2.45) is 11.5 Å². The van der Waals surface area contributed by atoms with Gasteiger partial charge in [-0.15, -0.1) is 11.3 Å². The summed E-state index contributed by atoms with van der Waals surface area (Å²) in [6, 6.07) is 12.8. The molecular weight excluding hydrogens is 412 g/mol. The molecule has 0 bridgehead atoms. The molecule has 3 rings (SSSR count). The minimum atomic E-state index is -0.614. The van der Waals surface area contributed by atoms with Crippen molar-refractivity contribution in [3.05, 3.63) is 70.1 Å². The van der Waals surface area contributed by atoms with E-state index in [0.29, 0.717) is 16.3 Å². The summed E-state index contributed by atoms with van der Waals surface area (Å²) in [5, 5.41) is 7.64. The summed E-state index contributed by atoms with van der Waals surface area (Å²) in [7, 11) is 0. The average molecular weight is 437 g/mol. The van der Waals surface area contributed by atoms with Gasteiger partial charge in [0, 0.05) is 29.8 Å². The summed E-state index contributed by atoms with van der Waals surface area (Å²) in [6.45, 7) is 4.23. The number of nitrogens with two attached hydrogens (primary N) is 2. The minimum Gasteiger partial charge on any atom is -0.366 e. The molecule has 0 unspecified atom stereocenters. The van der Waals surface area contributed by atoms with Crippen molar-refractivity contribution in [1.82, 2.24) is 0 Å². The number of rotatable bonds is 7. The van der Waals surface area contributed by atoms with Crippen molar-refractivity contribution in [3.63, 3.8) is 0 Å². The Morgan fingerprint density at radius 1 is 0.968 bits per heavy atom. The fraction of sp³-hybridized carbons (Fsp3) is 0.174. The van der Waals surface area contributed by atoms with Gasteiger partial charge < -0.3 is 22.1 Å². The first-order chi connectivity index (χ1) is 14.8. The van der Waals surface area contributed by atoms with Gasteiger partial charge in [0.05, 0.1) is 5.56 Å². The number of aryl methyl sites for hydroxylation is 2. The molecule has 3 aromatic rings. The van der Waals surface area contributed by atoms with E-state index >= 15 is 0 Å². The van der Waals surface area contributed by atoms with Crippen molar-refractivity contribution < 1.29 is 14.4 Å². The van der Waals surface area contributed by atoms with E-state index in [9.17, 15) is 14.4 Å². The topological polar surface area (TPSA) is 127 Å². The van der Waals surface area contributed by atoms with E-state index in [2.05, 4.69) is 16.7 Å². The predicted octanol–water partition coefficient (Wildman–Crippen LogP) is 3.67. The maximum absolute atomic E-state index is 12.8. The summed E-state index contributed by atoms with van der Waals surface area (Å²) >= 11 is 1.21. The second-order valence-corrected chi connectivity index (χ2v) is 8.12. The normalized spacial score (nSPS) is 10.5. The molecule has 6 N–H and O–H groups in total. The monoisotopic (exact) mass is 436 g/mol. The van der Waals surface area contributed by atoms with Crippen LogP contribution in [0.15, 0.2) is 47.8 Å². The first-order valence-electron chi connectivity index (χ1n) is 9.69. The Kier molecular flexibility index (Phi) is 6.84. The number of amides is 3. The summed E-state index contributed by atoms with van der Waals surface area (Å²) in [6.07, 6.45) is 0.167. The highest BCUT2D eigenvalue weighted by Gasteiger charge is 2.17. The molecule has 1 heterocycles. The standard InChI is InChI=1S/C23H24N4O3S/c1-13-9-14(2)11-16(10-13)17-4-3-15(12-19(17)26-20(28)5-7-24)22(30)27-23-18(21(25)29)6-8-31-23/h3-4,6,8-12H,5,7,24H2,1-2H3,(H2,25,29)(H,26,28)(H,27,30). The van der Waals surface area contributed by atoms with E-state index in [-0.39, 0.29) is 24.4 Å².